The second-order valence-electron chi connectivity index (χ2n) is 6.73. The third-order valence-corrected chi connectivity index (χ3v) is 6.27. The topological polar surface area (TPSA) is 95.9 Å². The normalized spacial score (nSPS) is 21.3. The fourth-order valence-electron chi connectivity index (χ4n) is 3.29. The molecule has 1 aliphatic rings. The average Bonchev–Trinajstić information content (AvgIpc) is 2.56. The first-order valence-corrected chi connectivity index (χ1v) is 10.5. The Morgan fingerprint density at radius 1 is 1.35 bits per heavy atom. The maximum Gasteiger partial charge on any atom is 0.317 e. The molecule has 1 aromatic rings. The Morgan fingerprint density at radius 2 is 2.00 bits per heavy atom. The highest BCUT2D eigenvalue weighted by Gasteiger charge is 2.36. The van der Waals surface area contributed by atoms with E-state index in [0.29, 0.717) is 25.8 Å². The molecule has 1 fully saturated rings. The number of ether oxygens (including phenoxy) is 1. The Bertz CT molecular complexity index is 674. The molecular formula is C18H28N2O5S. The number of carboxylic acids is 1. The number of hydrogen-bond acceptors (Lipinski definition) is 5. The van der Waals surface area contributed by atoms with Crippen molar-refractivity contribution >= 4 is 16.0 Å². The maximum atomic E-state index is 12.4. The summed E-state index contributed by atoms with van der Waals surface area (Å²) in [7, 11) is -1.94. The molecule has 1 unspecified atom stereocenters. The summed E-state index contributed by atoms with van der Waals surface area (Å²) < 4.78 is 32.9. The lowest BCUT2D eigenvalue weighted by molar-refractivity contribution is -0.139. The van der Waals surface area contributed by atoms with Gasteiger partial charge in [-0.3, -0.25) is 9.69 Å². The summed E-state index contributed by atoms with van der Waals surface area (Å²) in [6.07, 6.45) is 1.39. The molecule has 1 atom stereocenters. The number of aliphatic carboxylic acids is 1. The summed E-state index contributed by atoms with van der Waals surface area (Å²) in [5.74, 6) is -0.952. The van der Waals surface area contributed by atoms with Crippen LogP contribution in [-0.2, 0) is 26.0 Å². The van der Waals surface area contributed by atoms with Crippen molar-refractivity contribution in [2.75, 3.05) is 26.0 Å². The third kappa shape index (κ3) is 6.35. The van der Waals surface area contributed by atoms with Crippen molar-refractivity contribution in [2.45, 2.75) is 44.4 Å². The lowest BCUT2D eigenvalue weighted by atomic mass is 9.86. The second kappa shape index (κ2) is 9.45. The van der Waals surface area contributed by atoms with Crippen LogP contribution < -0.4 is 4.72 Å². The third-order valence-electron chi connectivity index (χ3n) is 4.77. The highest BCUT2D eigenvalue weighted by atomic mass is 32.2. The molecule has 1 saturated carbocycles. The molecule has 0 spiro atoms. The van der Waals surface area contributed by atoms with Gasteiger partial charge < -0.3 is 9.84 Å². The van der Waals surface area contributed by atoms with Crippen LogP contribution in [0.3, 0.4) is 0 Å². The molecule has 146 valence electrons. The van der Waals surface area contributed by atoms with E-state index in [9.17, 15) is 13.2 Å². The number of hydrogen-bond donors (Lipinski definition) is 2. The highest BCUT2D eigenvalue weighted by Crippen LogP contribution is 2.26. The first-order chi connectivity index (χ1) is 12.3. The zero-order valence-corrected chi connectivity index (χ0v) is 16.1. The number of sulfonamides is 1. The minimum absolute atomic E-state index is 0.0105. The van der Waals surface area contributed by atoms with Gasteiger partial charge in [-0.15, -0.1) is 0 Å². The molecule has 0 amide bonds. The van der Waals surface area contributed by atoms with Crippen molar-refractivity contribution < 1.29 is 23.1 Å². The zero-order chi connectivity index (χ0) is 19.2. The van der Waals surface area contributed by atoms with Gasteiger partial charge >= 0.3 is 5.97 Å². The van der Waals surface area contributed by atoms with Crippen LogP contribution in [0.2, 0.25) is 0 Å². The summed E-state index contributed by atoms with van der Waals surface area (Å²) in [4.78, 5) is 12.7. The predicted molar refractivity (Wildman–Crippen MR) is 99.6 cm³/mol. The van der Waals surface area contributed by atoms with Crippen molar-refractivity contribution in [1.82, 2.24) is 9.62 Å². The van der Waals surface area contributed by atoms with Crippen molar-refractivity contribution in [3.63, 3.8) is 0 Å². The fraction of sp³-hybridized carbons (Fsp3) is 0.611. The average molecular weight is 384 g/mol. The number of carboxylic acid groups (broad SMARTS) is 1. The molecule has 0 heterocycles. The van der Waals surface area contributed by atoms with Crippen LogP contribution in [-0.4, -0.2) is 68.5 Å². The molecule has 7 nitrogen and oxygen atoms in total. The summed E-state index contributed by atoms with van der Waals surface area (Å²) >= 11 is 0. The molecule has 1 aromatic carbocycles. The van der Waals surface area contributed by atoms with Crippen LogP contribution in [0.5, 0.6) is 0 Å². The largest absolute Gasteiger partial charge is 0.480 e. The Labute approximate surface area is 155 Å². The van der Waals surface area contributed by atoms with Crippen LogP contribution >= 0.6 is 0 Å². The molecule has 0 aromatic heterocycles. The quantitative estimate of drug-likeness (QED) is 0.593. The molecule has 0 bridgehead atoms. The van der Waals surface area contributed by atoms with Crippen molar-refractivity contribution in [2.24, 2.45) is 0 Å². The van der Waals surface area contributed by atoms with Crippen LogP contribution in [0.15, 0.2) is 30.3 Å². The number of nitrogens with one attached hydrogen (secondary N) is 1. The van der Waals surface area contributed by atoms with Crippen molar-refractivity contribution in [1.29, 1.82) is 0 Å². The monoisotopic (exact) mass is 384 g/mol. The smallest absolute Gasteiger partial charge is 0.317 e. The van der Waals surface area contributed by atoms with E-state index in [0.717, 1.165) is 5.56 Å². The number of carbonyl (C=O) groups is 1. The van der Waals surface area contributed by atoms with Crippen molar-refractivity contribution in [3.05, 3.63) is 35.9 Å². The SMILES string of the molecule is CCN(CC(=O)O)C1CC(NS(=O)(=O)CC(Cc2ccccc2)OC)C1. The Morgan fingerprint density at radius 3 is 2.54 bits per heavy atom. The number of likely N-dealkylation sites (N-methyl/N-ethyl adjacent to an activating group) is 1. The van der Waals surface area contributed by atoms with Gasteiger partial charge in [0.05, 0.1) is 18.4 Å². The summed E-state index contributed by atoms with van der Waals surface area (Å²) in [5, 5.41) is 8.92. The lowest BCUT2D eigenvalue weighted by Gasteiger charge is -2.42. The van der Waals surface area contributed by atoms with Crippen molar-refractivity contribution in [3.8, 4) is 0 Å². The number of rotatable bonds is 11. The van der Waals surface area contributed by atoms with Gasteiger partial charge in [0.15, 0.2) is 0 Å². The maximum absolute atomic E-state index is 12.4. The first kappa shape index (κ1) is 20.8. The van der Waals surface area contributed by atoms with Gasteiger partial charge in [0, 0.05) is 19.2 Å². The van der Waals surface area contributed by atoms with Gasteiger partial charge in [-0.25, -0.2) is 13.1 Å². The van der Waals surface area contributed by atoms with Gasteiger partial charge in [-0.05, 0) is 31.4 Å². The molecule has 0 radical (unpaired) electrons. The Kier molecular flexibility index (Phi) is 7.57. The van der Waals surface area contributed by atoms with E-state index in [-0.39, 0.29) is 24.4 Å². The molecular weight excluding hydrogens is 356 g/mol. The van der Waals surface area contributed by atoms with Crippen LogP contribution in [0.4, 0.5) is 0 Å². The Balaban J connectivity index is 1.82. The van der Waals surface area contributed by atoms with Crippen LogP contribution in [0, 0.1) is 0 Å². The summed E-state index contributed by atoms with van der Waals surface area (Å²) in [6.45, 7) is 2.54. The molecule has 8 heteroatoms. The van der Waals surface area contributed by atoms with Gasteiger partial charge in [0.1, 0.15) is 0 Å². The van der Waals surface area contributed by atoms with E-state index in [1.807, 2.05) is 42.2 Å². The van der Waals surface area contributed by atoms with Gasteiger partial charge in [0.25, 0.3) is 0 Å². The molecule has 0 saturated heterocycles. The Hall–Kier alpha value is -1.48. The van der Waals surface area contributed by atoms with E-state index in [1.165, 1.54) is 7.11 Å². The number of methoxy groups -OCH3 is 1. The van der Waals surface area contributed by atoms with Crippen LogP contribution in [0.25, 0.3) is 0 Å². The van der Waals surface area contributed by atoms with E-state index in [2.05, 4.69) is 4.72 Å². The molecule has 1 aliphatic carbocycles. The van der Waals surface area contributed by atoms with Crippen LogP contribution in [0.1, 0.15) is 25.3 Å². The number of benzene rings is 1. The second-order valence-corrected chi connectivity index (χ2v) is 8.52. The predicted octanol–water partition coefficient (Wildman–Crippen LogP) is 1.10. The molecule has 0 aliphatic heterocycles. The minimum atomic E-state index is -3.46. The summed E-state index contributed by atoms with van der Waals surface area (Å²) in [6, 6.07) is 9.63. The van der Waals surface area contributed by atoms with E-state index in [1.54, 1.807) is 0 Å². The van der Waals surface area contributed by atoms with Gasteiger partial charge in [-0.1, -0.05) is 37.3 Å². The standard InChI is InChI=1S/C18H28N2O5S/c1-3-20(12-18(21)22)16-10-15(11-16)19-26(23,24)13-17(25-2)9-14-7-5-4-6-8-14/h4-8,15-17,19H,3,9-13H2,1-2H3,(H,21,22). The summed E-state index contributed by atoms with van der Waals surface area (Å²) in [5.41, 5.74) is 1.03. The highest BCUT2D eigenvalue weighted by molar-refractivity contribution is 7.89. The first-order valence-electron chi connectivity index (χ1n) is 8.85. The van der Waals surface area contributed by atoms with E-state index >= 15 is 0 Å². The zero-order valence-electron chi connectivity index (χ0n) is 15.3. The van der Waals surface area contributed by atoms with E-state index in [4.69, 9.17) is 9.84 Å². The lowest BCUT2D eigenvalue weighted by Crippen LogP contribution is -2.55. The minimum Gasteiger partial charge on any atom is -0.480 e. The van der Waals surface area contributed by atoms with Gasteiger partial charge in [0.2, 0.25) is 10.0 Å². The molecule has 2 rings (SSSR count). The van der Waals surface area contributed by atoms with Gasteiger partial charge in [-0.2, -0.15) is 0 Å². The molecule has 2 N–H and O–H groups in total. The fourth-order valence-corrected chi connectivity index (χ4v) is 4.83. The van der Waals surface area contributed by atoms with E-state index < -0.39 is 22.1 Å². The number of nitrogens with zero attached hydrogens (tertiary/aromatic N) is 1. The molecule has 26 heavy (non-hydrogen) atoms.